The van der Waals surface area contributed by atoms with Crippen LogP contribution in [-0.4, -0.2) is 7.11 Å². The summed E-state index contributed by atoms with van der Waals surface area (Å²) in [5.74, 6) is 0.826. The lowest BCUT2D eigenvalue weighted by Gasteiger charge is -1.90. The van der Waals surface area contributed by atoms with Crippen molar-refractivity contribution in [3.63, 3.8) is 0 Å². The predicted octanol–water partition coefficient (Wildman–Crippen LogP) is 1.88. The van der Waals surface area contributed by atoms with Crippen LogP contribution in [-0.2, 0) is 0 Å². The van der Waals surface area contributed by atoms with E-state index < -0.39 is 0 Å². The highest BCUT2D eigenvalue weighted by atomic mass is 16.5. The summed E-state index contributed by atoms with van der Waals surface area (Å²) in [7, 11) is 1.64. The van der Waals surface area contributed by atoms with Gasteiger partial charge in [0.2, 0.25) is 0 Å². The van der Waals surface area contributed by atoms with Gasteiger partial charge in [-0.3, -0.25) is 0 Å². The summed E-state index contributed by atoms with van der Waals surface area (Å²) in [6.45, 7) is 0. The van der Waals surface area contributed by atoms with Crippen molar-refractivity contribution in [2.24, 2.45) is 0 Å². The Kier molecular flexibility index (Phi) is 0.730. The number of hydrogen-bond acceptors (Lipinski definition) is 2. The Balaban J connectivity index is 2.72. The summed E-state index contributed by atoms with van der Waals surface area (Å²) in [6.07, 6.45) is 0. The van der Waals surface area contributed by atoms with E-state index in [9.17, 15) is 0 Å². The Morgan fingerprint density at radius 1 is 1.44 bits per heavy atom. The minimum atomic E-state index is 0.826. The molecule has 0 amide bonds. The summed E-state index contributed by atoms with van der Waals surface area (Å²) in [5.41, 5.74) is 1.70. The zero-order valence-corrected chi connectivity index (χ0v) is 5.05. The highest BCUT2D eigenvalue weighted by Crippen LogP contribution is 2.27. The molecule has 46 valence electrons. The predicted molar refractivity (Wildman–Crippen MR) is 34.0 cm³/mol. The minimum Gasteiger partial charge on any atom is -0.493 e. The third-order valence-electron chi connectivity index (χ3n) is 1.36. The average molecular weight is 122 g/mol. The van der Waals surface area contributed by atoms with Gasteiger partial charge in [0.25, 0.3) is 0 Å². The van der Waals surface area contributed by atoms with Gasteiger partial charge >= 0.3 is 0 Å². The van der Waals surface area contributed by atoms with Gasteiger partial charge in [0, 0.05) is 6.07 Å². The molecule has 0 N–H and O–H groups in total. The Labute approximate surface area is 52.4 Å². The van der Waals surface area contributed by atoms with E-state index in [1.54, 1.807) is 7.11 Å². The topological polar surface area (TPSA) is 22.4 Å². The molecule has 0 saturated carbocycles. The van der Waals surface area contributed by atoms with Gasteiger partial charge < -0.3 is 9.15 Å². The monoisotopic (exact) mass is 122 g/mol. The van der Waals surface area contributed by atoms with Crippen LogP contribution in [0.25, 0.3) is 11.2 Å². The maximum Gasteiger partial charge on any atom is 0.169 e. The van der Waals surface area contributed by atoms with Crippen molar-refractivity contribution in [3.8, 4) is 5.75 Å². The van der Waals surface area contributed by atoms with Gasteiger partial charge in [-0.25, -0.2) is 0 Å². The third-order valence-corrected chi connectivity index (χ3v) is 1.36. The van der Waals surface area contributed by atoms with E-state index in [0.29, 0.717) is 0 Å². The van der Waals surface area contributed by atoms with E-state index in [4.69, 9.17) is 9.15 Å². The second-order valence-corrected chi connectivity index (χ2v) is 1.91. The fraction of sp³-hybridized carbons (Fsp3) is 0.143. The molecule has 2 bridgehead atoms. The molecule has 2 heteroatoms. The first-order chi connectivity index (χ1) is 4.40. The molecule has 0 aliphatic heterocycles. The second kappa shape index (κ2) is 1.41. The molecular weight excluding hydrogens is 116 g/mol. The second-order valence-electron chi connectivity index (χ2n) is 1.91. The Morgan fingerprint density at radius 3 is 2.67 bits per heavy atom. The largest absolute Gasteiger partial charge is 0.493 e. The van der Waals surface area contributed by atoms with Crippen LogP contribution in [0.15, 0.2) is 22.6 Å². The van der Waals surface area contributed by atoms with Gasteiger partial charge in [-0.2, -0.15) is 0 Å². The Bertz CT molecular complexity index is 297. The quantitative estimate of drug-likeness (QED) is 0.576. The third kappa shape index (κ3) is 0.499. The van der Waals surface area contributed by atoms with E-state index in [1.165, 1.54) is 0 Å². The molecule has 0 aromatic carbocycles. The first-order valence-corrected chi connectivity index (χ1v) is 2.76. The Morgan fingerprint density at radius 2 is 2.33 bits per heavy atom. The zero-order valence-electron chi connectivity index (χ0n) is 5.05. The number of methoxy groups -OCH3 is 1. The molecule has 2 aromatic rings. The van der Waals surface area contributed by atoms with E-state index in [2.05, 4.69) is 0 Å². The fourth-order valence-corrected chi connectivity index (χ4v) is 0.923. The molecule has 2 heterocycles. The summed E-state index contributed by atoms with van der Waals surface area (Å²) in [4.78, 5) is 0. The van der Waals surface area contributed by atoms with Crippen LogP contribution < -0.4 is 4.74 Å². The van der Waals surface area contributed by atoms with Crippen LogP contribution in [0, 0.1) is 0 Å². The van der Waals surface area contributed by atoms with Gasteiger partial charge in [-0.05, 0) is 12.1 Å². The van der Waals surface area contributed by atoms with E-state index >= 15 is 0 Å². The minimum absolute atomic E-state index is 0.826. The molecule has 2 rings (SSSR count). The van der Waals surface area contributed by atoms with E-state index in [1.807, 2.05) is 18.2 Å². The van der Waals surface area contributed by atoms with E-state index in [0.717, 1.165) is 16.9 Å². The lowest BCUT2D eigenvalue weighted by Crippen LogP contribution is -1.77. The number of ether oxygens (including phenoxy) is 1. The summed E-state index contributed by atoms with van der Waals surface area (Å²) < 4.78 is 10.2. The molecule has 0 unspecified atom stereocenters. The van der Waals surface area contributed by atoms with Crippen LogP contribution in [0.4, 0.5) is 0 Å². The first kappa shape index (κ1) is 4.68. The van der Waals surface area contributed by atoms with Crippen molar-refractivity contribution in [2.45, 2.75) is 0 Å². The molecule has 0 aliphatic rings. The molecule has 0 aliphatic carbocycles. The maximum atomic E-state index is 5.18. The molecule has 0 atom stereocenters. The van der Waals surface area contributed by atoms with Gasteiger partial charge in [0.05, 0.1) is 7.11 Å². The van der Waals surface area contributed by atoms with Crippen molar-refractivity contribution in [2.75, 3.05) is 7.11 Å². The SMILES string of the molecule is COc1cc2ccc1o2. The maximum absolute atomic E-state index is 5.18. The normalized spacial score (nSPS) is 10.8. The van der Waals surface area contributed by atoms with Crippen LogP contribution >= 0.6 is 0 Å². The first-order valence-electron chi connectivity index (χ1n) is 2.76. The zero-order chi connectivity index (χ0) is 6.27. The van der Waals surface area contributed by atoms with Crippen molar-refractivity contribution in [1.29, 1.82) is 0 Å². The molecule has 0 fully saturated rings. The van der Waals surface area contributed by atoms with Crippen LogP contribution in [0.3, 0.4) is 0 Å². The molecular formula is C7H6O2. The van der Waals surface area contributed by atoms with Crippen LogP contribution in [0.2, 0.25) is 0 Å². The van der Waals surface area contributed by atoms with Gasteiger partial charge in [0.15, 0.2) is 11.3 Å². The van der Waals surface area contributed by atoms with Crippen molar-refractivity contribution in [3.05, 3.63) is 18.2 Å². The average Bonchev–Trinajstić information content (AvgIpc) is 2.45. The lowest BCUT2D eigenvalue weighted by atomic mass is 10.3. The molecule has 0 saturated heterocycles. The number of hydrogen-bond donors (Lipinski definition) is 0. The van der Waals surface area contributed by atoms with Gasteiger partial charge in [0.1, 0.15) is 5.58 Å². The standard InChI is InChI=1S/C7H6O2/c1-8-7-4-5-2-3-6(7)9-5/h2-4H,1H3. The summed E-state index contributed by atoms with van der Waals surface area (Å²) in [6, 6.07) is 5.68. The van der Waals surface area contributed by atoms with Crippen molar-refractivity contribution in [1.82, 2.24) is 0 Å². The molecule has 2 aromatic heterocycles. The van der Waals surface area contributed by atoms with Crippen molar-refractivity contribution < 1.29 is 9.15 Å². The van der Waals surface area contributed by atoms with E-state index in [-0.39, 0.29) is 0 Å². The number of fused-ring (bicyclic) bond motifs is 2. The fourth-order valence-electron chi connectivity index (χ4n) is 0.923. The van der Waals surface area contributed by atoms with Crippen LogP contribution in [0.1, 0.15) is 0 Å². The molecule has 0 radical (unpaired) electrons. The number of rotatable bonds is 1. The Hall–Kier alpha value is -1.18. The summed E-state index contributed by atoms with van der Waals surface area (Å²) >= 11 is 0. The van der Waals surface area contributed by atoms with Gasteiger partial charge in [-0.15, -0.1) is 0 Å². The highest BCUT2D eigenvalue weighted by Gasteiger charge is 2.04. The highest BCUT2D eigenvalue weighted by molar-refractivity contribution is 5.69. The smallest absolute Gasteiger partial charge is 0.169 e. The van der Waals surface area contributed by atoms with Crippen molar-refractivity contribution >= 4 is 11.2 Å². The summed E-state index contributed by atoms with van der Waals surface area (Å²) in [5, 5.41) is 0. The lowest BCUT2D eigenvalue weighted by molar-refractivity contribution is 0.416. The number of benzene rings is 1. The van der Waals surface area contributed by atoms with Crippen LogP contribution in [0.5, 0.6) is 5.75 Å². The molecule has 9 heavy (non-hydrogen) atoms. The number of furan rings is 2. The molecule has 0 spiro atoms. The molecule has 2 nitrogen and oxygen atoms in total. The van der Waals surface area contributed by atoms with Gasteiger partial charge in [-0.1, -0.05) is 0 Å².